The van der Waals surface area contributed by atoms with Gasteiger partial charge in [0.25, 0.3) is 0 Å². The van der Waals surface area contributed by atoms with Crippen LogP contribution < -0.4 is 0 Å². The van der Waals surface area contributed by atoms with Gasteiger partial charge in [-0.1, -0.05) is 6.92 Å². The van der Waals surface area contributed by atoms with E-state index >= 15 is 0 Å². The van der Waals surface area contributed by atoms with Gasteiger partial charge in [-0.05, 0) is 0 Å². The van der Waals surface area contributed by atoms with Crippen LogP contribution in [0.4, 0.5) is 0 Å². The largest absolute Gasteiger partial charge is 0.282 e. The van der Waals surface area contributed by atoms with Crippen LogP contribution in [0.3, 0.4) is 0 Å². The van der Waals surface area contributed by atoms with Gasteiger partial charge in [-0.15, -0.1) is 11.8 Å². The summed E-state index contributed by atoms with van der Waals surface area (Å²) in [5.74, 6) is 1.18. The van der Waals surface area contributed by atoms with E-state index in [1.807, 2.05) is 18.7 Å². The average molecular weight is 114 g/mol. The van der Waals surface area contributed by atoms with Crippen molar-refractivity contribution in [3.8, 4) is 0 Å². The number of aliphatic imine (C=N–C) groups is 1. The molecule has 0 saturated carbocycles. The minimum Gasteiger partial charge on any atom is -0.282 e. The highest BCUT2D eigenvalue weighted by atomic mass is 32.2. The minimum absolute atomic E-state index is 1.02. The fourth-order valence-corrected chi connectivity index (χ4v) is 1.27. The molecule has 0 N–H and O–H groups in total. The first-order valence-corrected chi connectivity index (χ1v) is 3.38. The van der Waals surface area contributed by atoms with Gasteiger partial charge in [0.1, 0.15) is 0 Å². The second-order valence-electron chi connectivity index (χ2n) is 1.36. The maximum Gasteiger partial charge on any atom is 0.0711 e. The third kappa shape index (κ3) is 1.20. The Morgan fingerprint density at radius 3 is 3.00 bits per heavy atom. The first kappa shape index (κ1) is 5.16. The molecule has 0 aromatic rings. The van der Waals surface area contributed by atoms with Crippen LogP contribution in [-0.2, 0) is 0 Å². The average Bonchev–Trinajstić information content (AvgIpc) is 2.14. The van der Waals surface area contributed by atoms with Gasteiger partial charge in [-0.2, -0.15) is 0 Å². The molecule has 0 saturated heterocycles. The number of nitrogens with zero attached hydrogens (tertiary/aromatic N) is 1. The smallest absolute Gasteiger partial charge is 0.0711 e. The second-order valence-corrected chi connectivity index (χ2v) is 2.47. The normalized spacial score (nSPS) is 19.9. The highest BCUT2D eigenvalue weighted by molar-refractivity contribution is 8.14. The predicted octanol–water partition coefficient (Wildman–Crippen LogP) is 1.36. The first-order valence-electron chi connectivity index (χ1n) is 2.40. The monoisotopic (exact) mass is 114 g/mol. The number of hydrogen-bond acceptors (Lipinski definition) is 2. The Morgan fingerprint density at radius 1 is 1.86 bits per heavy atom. The van der Waals surface area contributed by atoms with E-state index in [1.54, 1.807) is 0 Å². The zero-order valence-electron chi connectivity index (χ0n) is 4.35. The van der Waals surface area contributed by atoms with Gasteiger partial charge in [-0.25, -0.2) is 0 Å². The lowest BCUT2D eigenvalue weighted by Crippen LogP contribution is -1.80. The van der Waals surface area contributed by atoms with Crippen molar-refractivity contribution in [2.24, 2.45) is 4.99 Å². The summed E-state index contributed by atoms with van der Waals surface area (Å²) in [6.45, 7) is 3.04. The van der Waals surface area contributed by atoms with E-state index in [2.05, 4.69) is 11.4 Å². The van der Waals surface area contributed by atoms with Crippen LogP contribution in [0.15, 0.2) is 4.99 Å². The highest BCUT2D eigenvalue weighted by Gasteiger charge is 2.01. The van der Waals surface area contributed by atoms with E-state index < -0.39 is 0 Å². The Labute approximate surface area is 48.2 Å². The topological polar surface area (TPSA) is 12.4 Å². The summed E-state index contributed by atoms with van der Waals surface area (Å²) in [6.07, 6.45) is 2.05. The molecule has 1 nitrogen and oxygen atoms in total. The Hall–Kier alpha value is 0.0200. The molecular formula is C5H8NS. The van der Waals surface area contributed by atoms with Crippen LogP contribution in [0.1, 0.15) is 6.92 Å². The molecule has 1 rings (SSSR count). The number of hydrogen-bond donors (Lipinski definition) is 0. The molecule has 1 heterocycles. The lowest BCUT2D eigenvalue weighted by Gasteiger charge is -1.85. The van der Waals surface area contributed by atoms with Gasteiger partial charge >= 0.3 is 0 Å². The highest BCUT2D eigenvalue weighted by Crippen LogP contribution is 2.12. The predicted molar refractivity (Wildman–Crippen MR) is 34.7 cm³/mol. The van der Waals surface area contributed by atoms with E-state index in [0.717, 1.165) is 6.54 Å². The van der Waals surface area contributed by atoms with Crippen molar-refractivity contribution >= 4 is 16.8 Å². The van der Waals surface area contributed by atoms with Crippen LogP contribution in [0.25, 0.3) is 0 Å². The van der Waals surface area contributed by atoms with E-state index in [4.69, 9.17) is 0 Å². The zero-order chi connectivity index (χ0) is 5.11. The maximum atomic E-state index is 4.18. The fraction of sp³-hybridized carbons (Fsp3) is 0.600. The van der Waals surface area contributed by atoms with Gasteiger partial charge in [0.2, 0.25) is 0 Å². The molecule has 0 spiro atoms. The summed E-state index contributed by atoms with van der Waals surface area (Å²) >= 11 is 1.84. The molecule has 1 radical (unpaired) electrons. The second kappa shape index (κ2) is 2.36. The lowest BCUT2D eigenvalue weighted by molar-refractivity contribution is 1.17. The molecule has 1 aliphatic heterocycles. The van der Waals surface area contributed by atoms with Crippen molar-refractivity contribution < 1.29 is 0 Å². The van der Waals surface area contributed by atoms with Crippen LogP contribution in [0, 0.1) is 6.42 Å². The van der Waals surface area contributed by atoms with Crippen LogP contribution in [0.5, 0.6) is 0 Å². The Balaban J connectivity index is 2.36. The van der Waals surface area contributed by atoms with Crippen molar-refractivity contribution in [1.82, 2.24) is 0 Å². The number of rotatable bonds is 1. The van der Waals surface area contributed by atoms with Crippen molar-refractivity contribution in [2.75, 3.05) is 12.3 Å². The van der Waals surface area contributed by atoms with E-state index in [9.17, 15) is 0 Å². The van der Waals surface area contributed by atoms with Gasteiger partial charge in [0.15, 0.2) is 0 Å². The van der Waals surface area contributed by atoms with Crippen molar-refractivity contribution in [3.63, 3.8) is 0 Å². The molecule has 0 aromatic carbocycles. The SMILES string of the molecule is C[CH]C1=NCCS1. The van der Waals surface area contributed by atoms with Crippen LogP contribution in [0.2, 0.25) is 0 Å². The molecule has 0 bridgehead atoms. The summed E-state index contributed by atoms with van der Waals surface area (Å²) in [5.41, 5.74) is 0. The lowest BCUT2D eigenvalue weighted by atomic mass is 10.5. The Bertz CT molecular complexity index is 88.1. The molecule has 0 aliphatic carbocycles. The summed E-state index contributed by atoms with van der Waals surface area (Å²) in [4.78, 5) is 4.18. The van der Waals surface area contributed by atoms with Crippen molar-refractivity contribution in [1.29, 1.82) is 0 Å². The third-order valence-corrected chi connectivity index (χ3v) is 1.90. The molecule has 39 valence electrons. The zero-order valence-corrected chi connectivity index (χ0v) is 5.16. The van der Waals surface area contributed by atoms with Gasteiger partial charge in [-0.3, -0.25) is 4.99 Å². The maximum absolute atomic E-state index is 4.18. The number of thioether (sulfide) groups is 1. The van der Waals surface area contributed by atoms with Crippen LogP contribution >= 0.6 is 11.8 Å². The third-order valence-electron chi connectivity index (χ3n) is 0.856. The molecule has 0 aromatic heterocycles. The van der Waals surface area contributed by atoms with Crippen LogP contribution in [-0.4, -0.2) is 17.3 Å². The molecular weight excluding hydrogens is 106 g/mol. The standard InChI is InChI=1S/C5H8NS/c1-2-5-6-3-4-7-5/h2H,3-4H2,1H3. The van der Waals surface area contributed by atoms with E-state index in [0.29, 0.717) is 0 Å². The van der Waals surface area contributed by atoms with Gasteiger partial charge < -0.3 is 0 Å². The van der Waals surface area contributed by atoms with E-state index in [-0.39, 0.29) is 0 Å². The molecule has 2 heteroatoms. The van der Waals surface area contributed by atoms with Gasteiger partial charge in [0.05, 0.1) is 5.04 Å². The summed E-state index contributed by atoms with van der Waals surface area (Å²) < 4.78 is 0. The summed E-state index contributed by atoms with van der Waals surface area (Å²) in [7, 11) is 0. The fourth-order valence-electron chi connectivity index (χ4n) is 0.526. The molecule has 0 amide bonds. The molecule has 1 aliphatic rings. The quantitative estimate of drug-likeness (QED) is 0.501. The Morgan fingerprint density at radius 2 is 2.71 bits per heavy atom. The first-order chi connectivity index (χ1) is 3.43. The summed E-state index contributed by atoms with van der Waals surface area (Å²) in [5, 5.41) is 1.21. The van der Waals surface area contributed by atoms with Crippen molar-refractivity contribution in [2.45, 2.75) is 6.92 Å². The van der Waals surface area contributed by atoms with E-state index in [1.165, 1.54) is 10.8 Å². The summed E-state index contributed by atoms with van der Waals surface area (Å²) in [6, 6.07) is 0. The van der Waals surface area contributed by atoms with Gasteiger partial charge in [0, 0.05) is 18.7 Å². The molecule has 0 unspecified atom stereocenters. The molecule has 0 fully saturated rings. The molecule has 7 heavy (non-hydrogen) atoms. The molecule has 0 atom stereocenters. The van der Waals surface area contributed by atoms with Crippen molar-refractivity contribution in [3.05, 3.63) is 6.42 Å². The minimum atomic E-state index is 1.02. The Kier molecular flexibility index (Phi) is 1.74.